The number of benzene rings is 2. The van der Waals surface area contributed by atoms with Crippen LogP contribution >= 0.6 is 11.6 Å². The van der Waals surface area contributed by atoms with Gasteiger partial charge in [0.05, 0.1) is 17.4 Å². The minimum Gasteiger partial charge on any atom is -0.397 e. The molecule has 0 aliphatic heterocycles. The molecule has 0 bridgehead atoms. The predicted molar refractivity (Wildman–Crippen MR) is 81.3 cm³/mol. The smallest absolute Gasteiger partial charge is 0.0710 e. The SMILES string of the molecule is Cc1ccccc1-c1c(N)cnc2ccc(Cl)cc12. The number of halogens is 1. The molecule has 0 radical (unpaired) electrons. The predicted octanol–water partition coefficient (Wildman–Crippen LogP) is 4.45. The number of aromatic nitrogens is 1. The van der Waals surface area contributed by atoms with Crippen LogP contribution in [0.15, 0.2) is 48.7 Å². The van der Waals surface area contributed by atoms with Crippen LogP contribution in [0.3, 0.4) is 0 Å². The van der Waals surface area contributed by atoms with Crippen molar-refractivity contribution in [2.75, 3.05) is 5.73 Å². The maximum Gasteiger partial charge on any atom is 0.0710 e. The van der Waals surface area contributed by atoms with E-state index in [2.05, 4.69) is 24.0 Å². The third kappa shape index (κ3) is 2.04. The summed E-state index contributed by atoms with van der Waals surface area (Å²) < 4.78 is 0. The van der Waals surface area contributed by atoms with Gasteiger partial charge < -0.3 is 5.73 Å². The molecule has 0 fully saturated rings. The van der Waals surface area contributed by atoms with Crippen molar-refractivity contribution in [3.05, 3.63) is 59.2 Å². The van der Waals surface area contributed by atoms with Crippen LogP contribution in [-0.2, 0) is 0 Å². The Kier molecular flexibility index (Phi) is 2.88. The Morgan fingerprint density at radius 2 is 1.89 bits per heavy atom. The third-order valence-corrected chi connectivity index (χ3v) is 3.51. The largest absolute Gasteiger partial charge is 0.397 e. The quantitative estimate of drug-likeness (QED) is 0.708. The molecular weight excluding hydrogens is 256 g/mol. The molecule has 94 valence electrons. The van der Waals surface area contributed by atoms with Crippen molar-refractivity contribution in [2.24, 2.45) is 0 Å². The van der Waals surface area contributed by atoms with E-state index < -0.39 is 0 Å². The molecule has 2 nitrogen and oxygen atoms in total. The Balaban J connectivity index is 2.43. The molecule has 0 unspecified atom stereocenters. The number of nitrogens with two attached hydrogens (primary N) is 1. The van der Waals surface area contributed by atoms with E-state index in [0.717, 1.165) is 22.0 Å². The van der Waals surface area contributed by atoms with Crippen LogP contribution in [0.1, 0.15) is 5.56 Å². The lowest BCUT2D eigenvalue weighted by Gasteiger charge is -2.12. The summed E-state index contributed by atoms with van der Waals surface area (Å²) in [4.78, 5) is 4.35. The highest BCUT2D eigenvalue weighted by Gasteiger charge is 2.11. The Bertz CT molecular complexity index is 761. The monoisotopic (exact) mass is 268 g/mol. The van der Waals surface area contributed by atoms with Crippen molar-refractivity contribution in [1.82, 2.24) is 4.98 Å². The fourth-order valence-corrected chi connectivity index (χ4v) is 2.51. The average molecular weight is 269 g/mol. The van der Waals surface area contributed by atoms with E-state index in [1.54, 1.807) is 6.20 Å². The number of hydrogen-bond donors (Lipinski definition) is 1. The van der Waals surface area contributed by atoms with Crippen LogP contribution in [0.2, 0.25) is 5.02 Å². The summed E-state index contributed by atoms with van der Waals surface area (Å²) in [5.41, 5.74) is 11.0. The van der Waals surface area contributed by atoms with Crippen molar-refractivity contribution in [3.8, 4) is 11.1 Å². The van der Waals surface area contributed by atoms with Gasteiger partial charge in [-0.3, -0.25) is 4.98 Å². The Morgan fingerprint density at radius 1 is 1.11 bits per heavy atom. The molecule has 19 heavy (non-hydrogen) atoms. The first kappa shape index (κ1) is 12.0. The topological polar surface area (TPSA) is 38.9 Å². The summed E-state index contributed by atoms with van der Waals surface area (Å²) in [6.07, 6.45) is 1.71. The first-order valence-electron chi connectivity index (χ1n) is 6.06. The molecule has 3 aromatic rings. The molecule has 0 aliphatic carbocycles. The molecule has 1 heterocycles. The third-order valence-electron chi connectivity index (χ3n) is 3.27. The van der Waals surface area contributed by atoms with Gasteiger partial charge >= 0.3 is 0 Å². The second kappa shape index (κ2) is 4.56. The van der Waals surface area contributed by atoms with E-state index in [4.69, 9.17) is 17.3 Å². The van der Waals surface area contributed by atoms with Gasteiger partial charge in [0, 0.05) is 16.0 Å². The Hall–Kier alpha value is -2.06. The number of fused-ring (bicyclic) bond motifs is 1. The number of nitrogen functional groups attached to an aromatic ring is 1. The van der Waals surface area contributed by atoms with Gasteiger partial charge in [0.15, 0.2) is 0 Å². The number of anilines is 1. The lowest BCUT2D eigenvalue weighted by molar-refractivity contribution is 1.40. The highest BCUT2D eigenvalue weighted by atomic mass is 35.5. The number of aryl methyl sites for hydroxylation is 1. The van der Waals surface area contributed by atoms with Gasteiger partial charge in [0.25, 0.3) is 0 Å². The maximum atomic E-state index is 6.13. The molecule has 0 amide bonds. The number of pyridine rings is 1. The molecule has 0 saturated heterocycles. The first-order chi connectivity index (χ1) is 9.16. The molecule has 0 aliphatic rings. The molecule has 0 atom stereocenters. The normalized spacial score (nSPS) is 10.8. The van der Waals surface area contributed by atoms with Crippen LogP contribution < -0.4 is 5.73 Å². The van der Waals surface area contributed by atoms with Gasteiger partial charge in [-0.15, -0.1) is 0 Å². The molecular formula is C16H13ClN2. The van der Waals surface area contributed by atoms with Gasteiger partial charge in [-0.05, 0) is 36.2 Å². The average Bonchev–Trinajstić information content (AvgIpc) is 2.40. The van der Waals surface area contributed by atoms with E-state index in [1.807, 2.05) is 30.3 Å². The van der Waals surface area contributed by atoms with Gasteiger partial charge in [0.1, 0.15) is 0 Å². The first-order valence-corrected chi connectivity index (χ1v) is 6.44. The van der Waals surface area contributed by atoms with Crippen LogP contribution in [0.5, 0.6) is 0 Å². The van der Waals surface area contributed by atoms with Crippen LogP contribution in [0.4, 0.5) is 5.69 Å². The summed E-state index contributed by atoms with van der Waals surface area (Å²) in [6, 6.07) is 13.9. The summed E-state index contributed by atoms with van der Waals surface area (Å²) in [5, 5.41) is 1.68. The molecule has 0 saturated carbocycles. The lowest BCUT2D eigenvalue weighted by atomic mass is 9.96. The Morgan fingerprint density at radius 3 is 2.68 bits per heavy atom. The fourth-order valence-electron chi connectivity index (χ4n) is 2.33. The lowest BCUT2D eigenvalue weighted by Crippen LogP contribution is -1.95. The van der Waals surface area contributed by atoms with Crippen molar-refractivity contribution < 1.29 is 0 Å². The van der Waals surface area contributed by atoms with E-state index >= 15 is 0 Å². The van der Waals surface area contributed by atoms with Gasteiger partial charge in [-0.2, -0.15) is 0 Å². The van der Waals surface area contributed by atoms with Gasteiger partial charge in [-0.1, -0.05) is 35.9 Å². The highest BCUT2D eigenvalue weighted by Crippen LogP contribution is 2.35. The van der Waals surface area contributed by atoms with Crippen molar-refractivity contribution in [1.29, 1.82) is 0 Å². The van der Waals surface area contributed by atoms with E-state index in [9.17, 15) is 0 Å². The van der Waals surface area contributed by atoms with Crippen LogP contribution in [-0.4, -0.2) is 4.98 Å². The minimum atomic E-state index is 0.670. The molecule has 2 N–H and O–H groups in total. The number of rotatable bonds is 1. The number of hydrogen-bond acceptors (Lipinski definition) is 2. The van der Waals surface area contributed by atoms with Gasteiger partial charge in [0.2, 0.25) is 0 Å². The second-order valence-corrected chi connectivity index (χ2v) is 5.00. The maximum absolute atomic E-state index is 6.13. The van der Waals surface area contributed by atoms with E-state index in [1.165, 1.54) is 5.56 Å². The van der Waals surface area contributed by atoms with Crippen molar-refractivity contribution in [3.63, 3.8) is 0 Å². The van der Waals surface area contributed by atoms with Crippen LogP contribution in [0, 0.1) is 6.92 Å². The highest BCUT2D eigenvalue weighted by molar-refractivity contribution is 6.31. The summed E-state index contributed by atoms with van der Waals surface area (Å²) in [6.45, 7) is 2.07. The van der Waals surface area contributed by atoms with Crippen LogP contribution in [0.25, 0.3) is 22.0 Å². The zero-order valence-electron chi connectivity index (χ0n) is 10.5. The summed E-state index contributed by atoms with van der Waals surface area (Å²) in [7, 11) is 0. The van der Waals surface area contributed by atoms with E-state index in [0.29, 0.717) is 10.7 Å². The van der Waals surface area contributed by atoms with Crippen molar-refractivity contribution in [2.45, 2.75) is 6.92 Å². The molecule has 0 spiro atoms. The Labute approximate surface area is 116 Å². The zero-order chi connectivity index (χ0) is 13.4. The molecule has 2 aromatic carbocycles. The standard InChI is InChI=1S/C16H13ClN2/c1-10-4-2-3-5-12(10)16-13-8-11(17)6-7-15(13)19-9-14(16)18/h2-9H,18H2,1H3. The molecule has 1 aromatic heterocycles. The molecule has 3 rings (SSSR count). The summed E-state index contributed by atoms with van der Waals surface area (Å²) >= 11 is 6.10. The second-order valence-electron chi connectivity index (χ2n) is 4.56. The minimum absolute atomic E-state index is 0.670. The zero-order valence-corrected chi connectivity index (χ0v) is 11.3. The van der Waals surface area contributed by atoms with E-state index in [-0.39, 0.29) is 0 Å². The van der Waals surface area contributed by atoms with Gasteiger partial charge in [-0.25, -0.2) is 0 Å². The fraction of sp³-hybridized carbons (Fsp3) is 0.0625. The number of nitrogens with zero attached hydrogens (tertiary/aromatic N) is 1. The molecule has 3 heteroatoms. The van der Waals surface area contributed by atoms with Crippen molar-refractivity contribution >= 4 is 28.2 Å². The summed E-state index contributed by atoms with van der Waals surface area (Å²) in [5.74, 6) is 0.